The number of nitrogens with one attached hydrogen (secondary N) is 1. The Morgan fingerprint density at radius 1 is 1.54 bits per heavy atom. The molecule has 0 spiro atoms. The highest BCUT2D eigenvalue weighted by Gasteiger charge is 2.13. The van der Waals surface area contributed by atoms with Crippen LogP contribution in [0.4, 0.5) is 0 Å². The van der Waals surface area contributed by atoms with E-state index in [1.165, 1.54) is 6.20 Å². The Morgan fingerprint density at radius 3 is 2.85 bits per heavy atom. The van der Waals surface area contributed by atoms with Gasteiger partial charge in [0.2, 0.25) is 5.43 Å². The summed E-state index contributed by atoms with van der Waals surface area (Å²) in [5, 5.41) is 7.26. The number of hydrogen-bond acceptors (Lipinski definition) is 2. The van der Waals surface area contributed by atoms with Crippen LogP contribution in [0.15, 0.2) is 11.0 Å². The van der Waals surface area contributed by atoms with Gasteiger partial charge in [0.05, 0.1) is 18.9 Å². The van der Waals surface area contributed by atoms with Crippen LogP contribution in [0.2, 0.25) is 0 Å². The van der Waals surface area contributed by atoms with Crippen molar-refractivity contribution < 1.29 is 0 Å². The minimum absolute atomic E-state index is 0.0442. The van der Waals surface area contributed by atoms with E-state index in [2.05, 4.69) is 64.8 Å². The van der Waals surface area contributed by atoms with Gasteiger partial charge in [-0.05, 0) is 54.6 Å². The number of aromatic nitrogens is 3. The molecule has 1 unspecified atom stereocenters. The van der Waals surface area contributed by atoms with Gasteiger partial charge in [0.25, 0.3) is 0 Å². The molecule has 4 nitrogen and oxygen atoms in total. The maximum Gasteiger partial charge on any atom is 0.210 e. The SMILES string of the molecule is O=c1cn[nH]c2c1c(I)c(I)n2P. The zero-order valence-electron chi connectivity index (χ0n) is 6.21. The minimum atomic E-state index is -0.0442. The zero-order valence-corrected chi connectivity index (χ0v) is 11.7. The van der Waals surface area contributed by atoms with Crippen LogP contribution in [0.5, 0.6) is 0 Å². The van der Waals surface area contributed by atoms with Crippen molar-refractivity contribution in [3.8, 4) is 0 Å². The average Bonchev–Trinajstić information content (AvgIpc) is 2.33. The molecule has 13 heavy (non-hydrogen) atoms. The first-order chi connectivity index (χ1) is 6.13. The second kappa shape index (κ2) is 3.47. The predicted octanol–water partition coefficient (Wildman–Crippen LogP) is 1.57. The van der Waals surface area contributed by atoms with Crippen LogP contribution in [-0.2, 0) is 0 Å². The summed E-state index contributed by atoms with van der Waals surface area (Å²) in [5.41, 5.74) is 0.698. The highest BCUT2D eigenvalue weighted by atomic mass is 127. The van der Waals surface area contributed by atoms with E-state index in [4.69, 9.17) is 0 Å². The third-order valence-electron chi connectivity index (χ3n) is 1.69. The second-order valence-corrected chi connectivity index (χ2v) is 5.05. The first kappa shape index (κ1) is 9.85. The summed E-state index contributed by atoms with van der Waals surface area (Å²) >= 11 is 4.35. The molecule has 0 bridgehead atoms. The lowest BCUT2D eigenvalue weighted by Gasteiger charge is -1.94. The Labute approximate surface area is 103 Å². The Kier molecular flexibility index (Phi) is 2.63. The molecule has 2 aromatic rings. The molecule has 0 amide bonds. The predicted molar refractivity (Wildman–Crippen MR) is 70.9 cm³/mol. The molecule has 0 radical (unpaired) electrons. The first-order valence-electron chi connectivity index (χ1n) is 3.31. The molecule has 2 aromatic heterocycles. The van der Waals surface area contributed by atoms with Crippen LogP contribution in [0.25, 0.3) is 11.0 Å². The van der Waals surface area contributed by atoms with E-state index in [1.807, 2.05) is 4.34 Å². The van der Waals surface area contributed by atoms with Gasteiger partial charge in [-0.3, -0.25) is 9.89 Å². The molecule has 7 heteroatoms. The van der Waals surface area contributed by atoms with E-state index >= 15 is 0 Å². The van der Waals surface area contributed by atoms with Crippen LogP contribution in [0, 0.1) is 7.27 Å². The fraction of sp³-hybridized carbons (Fsp3) is 0. The molecule has 2 heterocycles. The van der Waals surface area contributed by atoms with Gasteiger partial charge >= 0.3 is 0 Å². The second-order valence-electron chi connectivity index (χ2n) is 2.43. The van der Waals surface area contributed by atoms with Gasteiger partial charge in [-0.25, -0.2) is 0 Å². The Balaban J connectivity index is 3.12. The lowest BCUT2D eigenvalue weighted by atomic mass is 10.4. The van der Waals surface area contributed by atoms with Gasteiger partial charge in [-0.1, -0.05) is 0 Å². The van der Waals surface area contributed by atoms with Gasteiger partial charge in [-0.2, -0.15) is 5.10 Å². The smallest absolute Gasteiger partial charge is 0.210 e. The average molecular weight is 419 g/mol. The van der Waals surface area contributed by atoms with Gasteiger partial charge in [0.1, 0.15) is 5.65 Å². The van der Waals surface area contributed by atoms with E-state index in [0.29, 0.717) is 5.39 Å². The topological polar surface area (TPSA) is 50.7 Å². The molecule has 1 atom stereocenters. The molecule has 2 rings (SSSR count). The summed E-state index contributed by atoms with van der Waals surface area (Å²) in [6.07, 6.45) is 1.30. The Morgan fingerprint density at radius 2 is 2.23 bits per heavy atom. The van der Waals surface area contributed by atoms with Crippen LogP contribution >= 0.6 is 54.6 Å². The zero-order chi connectivity index (χ0) is 9.59. The largest absolute Gasteiger partial charge is 0.304 e. The molecule has 0 fully saturated rings. The van der Waals surface area contributed by atoms with Gasteiger partial charge < -0.3 is 4.34 Å². The van der Waals surface area contributed by atoms with Gasteiger partial charge in [0.15, 0.2) is 0 Å². The third-order valence-corrected chi connectivity index (χ3v) is 5.87. The molecular formula is C6H4I2N3OP. The quantitative estimate of drug-likeness (QED) is 0.521. The minimum Gasteiger partial charge on any atom is -0.304 e. The van der Waals surface area contributed by atoms with E-state index in [0.717, 1.165) is 12.9 Å². The van der Waals surface area contributed by atoms with E-state index in [1.54, 1.807) is 0 Å². The maximum atomic E-state index is 11.5. The normalized spacial score (nSPS) is 11.0. The number of halogens is 2. The van der Waals surface area contributed by atoms with Crippen LogP contribution in [-0.4, -0.2) is 14.5 Å². The van der Waals surface area contributed by atoms with Crippen molar-refractivity contribution in [1.29, 1.82) is 0 Å². The van der Waals surface area contributed by atoms with Crippen molar-refractivity contribution >= 4 is 65.6 Å². The summed E-state index contributed by atoms with van der Waals surface area (Å²) in [7, 11) is 2.54. The van der Waals surface area contributed by atoms with Crippen molar-refractivity contribution in [2.24, 2.45) is 0 Å². The van der Waals surface area contributed by atoms with E-state index < -0.39 is 0 Å². The monoisotopic (exact) mass is 419 g/mol. The molecule has 0 aliphatic carbocycles. The summed E-state index contributed by atoms with van der Waals surface area (Å²) < 4.78 is 3.82. The first-order valence-corrected chi connectivity index (χ1v) is 5.98. The number of hydrogen-bond donors (Lipinski definition) is 1. The fourth-order valence-electron chi connectivity index (χ4n) is 1.08. The number of rotatable bonds is 0. The van der Waals surface area contributed by atoms with Crippen molar-refractivity contribution in [3.63, 3.8) is 0 Å². The number of H-pyrrole nitrogens is 1. The van der Waals surface area contributed by atoms with Crippen LogP contribution < -0.4 is 5.43 Å². The number of aromatic amines is 1. The lowest BCUT2D eigenvalue weighted by Crippen LogP contribution is -2.02. The van der Waals surface area contributed by atoms with Crippen molar-refractivity contribution in [3.05, 3.63) is 23.7 Å². The standard InChI is InChI=1S/C6H4I2N3OP/c7-4-3-2(12)1-9-10-6(3)11(13)5(4)8/h1H,13H2,(H,10,12). The molecule has 0 aromatic carbocycles. The molecular weight excluding hydrogens is 415 g/mol. The Hall–Kier alpha value is 0.310. The van der Waals surface area contributed by atoms with Crippen molar-refractivity contribution in [2.75, 3.05) is 0 Å². The molecule has 0 aliphatic heterocycles. The number of fused-ring (bicyclic) bond motifs is 1. The Bertz CT molecular complexity index is 532. The number of nitrogens with zero attached hydrogens (tertiary/aromatic N) is 2. The summed E-state index contributed by atoms with van der Waals surface area (Å²) in [5.74, 6) is 0. The third kappa shape index (κ3) is 1.42. The fourth-order valence-corrected chi connectivity index (χ4v) is 2.95. The van der Waals surface area contributed by atoms with Crippen LogP contribution in [0.1, 0.15) is 0 Å². The van der Waals surface area contributed by atoms with E-state index in [-0.39, 0.29) is 5.43 Å². The molecule has 0 saturated carbocycles. The summed E-state index contributed by atoms with van der Waals surface area (Å²) in [6.45, 7) is 0. The van der Waals surface area contributed by atoms with Crippen LogP contribution in [0.3, 0.4) is 0 Å². The van der Waals surface area contributed by atoms with Crippen molar-refractivity contribution in [2.45, 2.75) is 0 Å². The summed E-state index contributed by atoms with van der Waals surface area (Å²) in [6, 6.07) is 0. The molecule has 0 aliphatic rings. The lowest BCUT2D eigenvalue weighted by molar-refractivity contribution is 1.03. The van der Waals surface area contributed by atoms with Crippen molar-refractivity contribution in [1.82, 2.24) is 14.5 Å². The molecule has 1 N–H and O–H groups in total. The van der Waals surface area contributed by atoms with Gasteiger partial charge in [-0.15, -0.1) is 0 Å². The molecule has 68 valence electrons. The highest BCUT2D eigenvalue weighted by molar-refractivity contribution is 14.1. The highest BCUT2D eigenvalue weighted by Crippen LogP contribution is 2.26. The van der Waals surface area contributed by atoms with Gasteiger partial charge in [0, 0.05) is 0 Å². The molecule has 0 saturated heterocycles. The van der Waals surface area contributed by atoms with E-state index in [9.17, 15) is 4.79 Å². The summed E-state index contributed by atoms with van der Waals surface area (Å²) in [4.78, 5) is 11.5. The maximum absolute atomic E-state index is 11.5.